The lowest BCUT2D eigenvalue weighted by Gasteiger charge is -2.23. The van der Waals surface area contributed by atoms with Crippen LogP contribution in [-0.2, 0) is 10.8 Å². The Balaban J connectivity index is 2.21. The lowest BCUT2D eigenvalue weighted by molar-refractivity contribution is 0.127. The van der Waals surface area contributed by atoms with Crippen molar-refractivity contribution in [2.75, 3.05) is 0 Å². The maximum absolute atomic E-state index is 12.7. The van der Waals surface area contributed by atoms with Gasteiger partial charge in [0.05, 0.1) is 16.9 Å². The topological polar surface area (TPSA) is 37.3 Å². The van der Waals surface area contributed by atoms with Crippen molar-refractivity contribution in [3.63, 3.8) is 0 Å². The molecule has 22 heavy (non-hydrogen) atoms. The van der Waals surface area contributed by atoms with E-state index >= 15 is 0 Å². The van der Waals surface area contributed by atoms with Crippen molar-refractivity contribution >= 4 is 10.8 Å². The summed E-state index contributed by atoms with van der Waals surface area (Å²) in [6.45, 7) is 7.99. The zero-order valence-corrected chi connectivity index (χ0v) is 13.8. The van der Waals surface area contributed by atoms with Crippen molar-refractivity contribution in [3.8, 4) is 0 Å². The quantitative estimate of drug-likeness (QED) is 0.859. The molecule has 0 aromatic heterocycles. The van der Waals surface area contributed by atoms with Gasteiger partial charge in [0.1, 0.15) is 0 Å². The Morgan fingerprint density at radius 1 is 1.14 bits per heavy atom. The Labute approximate surface area is 135 Å². The summed E-state index contributed by atoms with van der Waals surface area (Å²) in [4.78, 5) is 1.30. The van der Waals surface area contributed by atoms with Crippen LogP contribution in [0.25, 0.3) is 0 Å². The molecule has 116 valence electrons. The number of aliphatic hydroxyl groups is 1. The molecule has 2 aromatic carbocycles. The van der Waals surface area contributed by atoms with E-state index < -0.39 is 16.9 Å². The van der Waals surface area contributed by atoms with E-state index in [9.17, 15) is 9.32 Å². The van der Waals surface area contributed by atoms with Crippen molar-refractivity contribution in [3.05, 3.63) is 77.2 Å². The Morgan fingerprint density at radius 2 is 1.73 bits per heavy atom. The first-order valence-electron chi connectivity index (χ1n) is 7.44. The molecule has 2 rings (SSSR count). The molecule has 0 aliphatic rings. The lowest BCUT2D eigenvalue weighted by Crippen LogP contribution is -2.17. The van der Waals surface area contributed by atoms with E-state index in [1.54, 1.807) is 0 Å². The van der Waals surface area contributed by atoms with Gasteiger partial charge in [0.25, 0.3) is 0 Å². The third-order valence-electron chi connectivity index (χ3n) is 3.85. The molecule has 3 heteroatoms. The number of aryl methyl sites for hydroxylation is 1. The summed E-state index contributed by atoms with van der Waals surface area (Å²) in [6, 6.07) is 17.1. The van der Waals surface area contributed by atoms with Gasteiger partial charge in [-0.1, -0.05) is 61.5 Å². The van der Waals surface area contributed by atoms with Gasteiger partial charge in [-0.05, 0) is 31.0 Å². The first kappa shape index (κ1) is 16.7. The predicted molar refractivity (Wildman–Crippen MR) is 91.9 cm³/mol. The molecule has 0 heterocycles. The van der Waals surface area contributed by atoms with Crippen LogP contribution in [0, 0.1) is 12.8 Å². The summed E-state index contributed by atoms with van der Waals surface area (Å²) in [6.07, 6.45) is 0.0000537. The Kier molecular flexibility index (Phi) is 5.69. The molecule has 0 spiro atoms. The van der Waals surface area contributed by atoms with E-state index in [2.05, 4.69) is 6.58 Å². The van der Waals surface area contributed by atoms with Gasteiger partial charge in [-0.2, -0.15) is 0 Å². The maximum Gasteiger partial charge on any atom is 0.0864 e. The van der Waals surface area contributed by atoms with Gasteiger partial charge in [0, 0.05) is 15.7 Å². The number of aliphatic hydroxyl groups excluding tert-OH is 1. The fourth-order valence-electron chi connectivity index (χ4n) is 2.46. The van der Waals surface area contributed by atoms with E-state index in [0.29, 0.717) is 11.3 Å². The van der Waals surface area contributed by atoms with Crippen molar-refractivity contribution in [1.29, 1.82) is 0 Å². The fraction of sp³-hybridized carbons (Fsp3) is 0.263. The SMILES string of the molecule is C=C([C@@H](CC)[C@H](O)c1ccccc1)S(=O)c1ccc(C)cc1. The van der Waals surface area contributed by atoms with Gasteiger partial charge in [0.15, 0.2) is 0 Å². The van der Waals surface area contributed by atoms with Crippen LogP contribution in [0.15, 0.2) is 71.0 Å². The lowest BCUT2D eigenvalue weighted by atomic mass is 9.93. The smallest absolute Gasteiger partial charge is 0.0864 e. The molecule has 2 nitrogen and oxygen atoms in total. The number of hydrogen-bond acceptors (Lipinski definition) is 2. The highest BCUT2D eigenvalue weighted by atomic mass is 32.2. The van der Waals surface area contributed by atoms with E-state index in [1.807, 2.05) is 68.4 Å². The molecule has 2 aromatic rings. The van der Waals surface area contributed by atoms with Crippen LogP contribution in [-0.4, -0.2) is 9.32 Å². The molecule has 0 saturated carbocycles. The van der Waals surface area contributed by atoms with Gasteiger partial charge in [-0.3, -0.25) is 0 Å². The third kappa shape index (κ3) is 3.73. The first-order valence-corrected chi connectivity index (χ1v) is 8.59. The minimum atomic E-state index is -1.32. The Morgan fingerprint density at radius 3 is 2.27 bits per heavy atom. The van der Waals surface area contributed by atoms with Gasteiger partial charge in [-0.25, -0.2) is 4.21 Å². The zero-order chi connectivity index (χ0) is 16.1. The summed E-state index contributed by atoms with van der Waals surface area (Å²) in [5.41, 5.74) is 1.96. The van der Waals surface area contributed by atoms with Crippen molar-refractivity contribution < 1.29 is 9.32 Å². The molecule has 0 amide bonds. The van der Waals surface area contributed by atoms with E-state index in [1.165, 1.54) is 0 Å². The molecule has 0 aliphatic heterocycles. The first-order chi connectivity index (χ1) is 10.5. The molecule has 0 saturated heterocycles. The molecule has 0 fully saturated rings. The largest absolute Gasteiger partial charge is 0.388 e. The summed E-state index contributed by atoms with van der Waals surface area (Å²) in [5, 5.41) is 10.6. The molecule has 0 bridgehead atoms. The monoisotopic (exact) mass is 314 g/mol. The third-order valence-corrected chi connectivity index (χ3v) is 5.33. The zero-order valence-electron chi connectivity index (χ0n) is 13.0. The summed E-state index contributed by atoms with van der Waals surface area (Å²) in [7, 11) is -1.32. The van der Waals surface area contributed by atoms with Gasteiger partial charge < -0.3 is 5.11 Å². The minimum Gasteiger partial charge on any atom is -0.388 e. The normalized spacial score (nSPS) is 15.0. The van der Waals surface area contributed by atoms with Crippen LogP contribution < -0.4 is 0 Å². The van der Waals surface area contributed by atoms with Gasteiger partial charge in [-0.15, -0.1) is 0 Å². The van der Waals surface area contributed by atoms with Crippen LogP contribution in [0.2, 0.25) is 0 Å². The second kappa shape index (κ2) is 7.52. The Bertz CT molecular complexity index is 647. The highest BCUT2D eigenvalue weighted by Crippen LogP contribution is 2.33. The fourth-order valence-corrected chi connectivity index (χ4v) is 3.72. The summed E-state index contributed by atoms with van der Waals surface area (Å²) >= 11 is 0. The van der Waals surface area contributed by atoms with Gasteiger partial charge >= 0.3 is 0 Å². The van der Waals surface area contributed by atoms with Crippen LogP contribution in [0.1, 0.15) is 30.6 Å². The highest BCUT2D eigenvalue weighted by Gasteiger charge is 2.25. The highest BCUT2D eigenvalue weighted by molar-refractivity contribution is 7.89. The molecule has 3 atom stereocenters. The molecule has 1 N–H and O–H groups in total. The average Bonchev–Trinajstić information content (AvgIpc) is 2.56. The molecule has 1 unspecified atom stereocenters. The number of rotatable bonds is 6. The Hall–Kier alpha value is -1.71. The molecular weight excluding hydrogens is 292 g/mol. The summed E-state index contributed by atoms with van der Waals surface area (Å²) in [5.74, 6) is -0.232. The van der Waals surface area contributed by atoms with Crippen molar-refractivity contribution in [2.45, 2.75) is 31.3 Å². The minimum absolute atomic E-state index is 0.232. The van der Waals surface area contributed by atoms with E-state index in [4.69, 9.17) is 0 Å². The van der Waals surface area contributed by atoms with Gasteiger partial charge in [0.2, 0.25) is 0 Å². The average molecular weight is 314 g/mol. The number of hydrogen-bond donors (Lipinski definition) is 1. The van der Waals surface area contributed by atoms with E-state index in [-0.39, 0.29) is 5.92 Å². The standard InChI is InChI=1S/C19H22O2S/c1-4-18(19(20)16-8-6-5-7-9-16)15(3)22(21)17-12-10-14(2)11-13-17/h5-13,18-20H,3-4H2,1-2H3/t18-,19-,22?/m1/s1. The van der Waals surface area contributed by atoms with Crippen molar-refractivity contribution in [1.82, 2.24) is 0 Å². The molecular formula is C19H22O2S. The molecule has 0 aliphatic carbocycles. The van der Waals surface area contributed by atoms with Crippen LogP contribution in [0.3, 0.4) is 0 Å². The van der Waals surface area contributed by atoms with Crippen LogP contribution >= 0.6 is 0 Å². The van der Waals surface area contributed by atoms with Crippen molar-refractivity contribution in [2.24, 2.45) is 5.92 Å². The second-order valence-corrected chi connectivity index (χ2v) is 6.95. The maximum atomic E-state index is 12.7. The second-order valence-electron chi connectivity index (χ2n) is 5.42. The predicted octanol–water partition coefficient (Wildman–Crippen LogP) is 4.38. The van der Waals surface area contributed by atoms with E-state index in [0.717, 1.165) is 16.0 Å². The van der Waals surface area contributed by atoms with Crippen LogP contribution in [0.4, 0.5) is 0 Å². The summed E-state index contributed by atoms with van der Waals surface area (Å²) < 4.78 is 12.7. The number of benzene rings is 2. The van der Waals surface area contributed by atoms with Crippen LogP contribution in [0.5, 0.6) is 0 Å². The molecule has 0 radical (unpaired) electrons.